The summed E-state index contributed by atoms with van der Waals surface area (Å²) in [6, 6.07) is 2.70. The topological polar surface area (TPSA) is 303 Å². The zero-order chi connectivity index (χ0) is 52.2. The Hall–Kier alpha value is -5.02. The van der Waals surface area contributed by atoms with E-state index in [-0.39, 0.29) is 56.4 Å². The van der Waals surface area contributed by atoms with Crippen LogP contribution in [0, 0.1) is 5.92 Å². The number of carbonyl (C=O) groups is 6. The number of phosphoric ester groups is 1. The minimum absolute atomic E-state index is 0.0000511. The Morgan fingerprint density at radius 2 is 1.56 bits per heavy atom. The van der Waals surface area contributed by atoms with Crippen LogP contribution in [-0.4, -0.2) is 141 Å². The molecule has 1 aromatic carbocycles. The highest BCUT2D eigenvalue weighted by atomic mass is 31.2. The number of aliphatic hydroxyl groups excluding tert-OH is 1. The minimum Gasteiger partial charge on any atom is -0.394 e. The van der Waals surface area contributed by atoms with Gasteiger partial charge in [-0.1, -0.05) is 57.2 Å². The van der Waals surface area contributed by atoms with Crippen molar-refractivity contribution in [1.29, 1.82) is 0 Å². The first-order chi connectivity index (χ1) is 32.8. The van der Waals surface area contributed by atoms with Gasteiger partial charge in [0.15, 0.2) is 0 Å². The van der Waals surface area contributed by atoms with Crippen molar-refractivity contribution in [1.82, 2.24) is 36.1 Å². The van der Waals surface area contributed by atoms with Crippen LogP contribution in [0.1, 0.15) is 112 Å². The van der Waals surface area contributed by atoms with Gasteiger partial charge in [-0.2, -0.15) is 0 Å². The maximum absolute atomic E-state index is 14.1. The van der Waals surface area contributed by atoms with Gasteiger partial charge in [0, 0.05) is 31.5 Å². The molecule has 1 fully saturated rings. The number of likely N-dealkylation sites (tertiary alicyclic amines) is 1. The fourth-order valence-electron chi connectivity index (χ4n) is 7.50. The lowest BCUT2D eigenvalue weighted by Gasteiger charge is -2.30. The minimum atomic E-state index is -4.74. The molecule has 0 aliphatic carbocycles. The molecule has 2 heterocycles. The summed E-state index contributed by atoms with van der Waals surface area (Å²) in [6.07, 6.45) is 4.96. The summed E-state index contributed by atoms with van der Waals surface area (Å²) < 4.78 is 34.9. The molecular weight excluding hydrogens is 928 g/mol. The summed E-state index contributed by atoms with van der Waals surface area (Å²) in [5, 5.41) is 20.3. The maximum Gasteiger partial charge on any atom is 0.472 e. The monoisotopic (exact) mass is 1000 g/mol. The van der Waals surface area contributed by atoms with E-state index in [1.54, 1.807) is 0 Å². The molecule has 1 aromatic heterocycles. The predicted octanol–water partition coefficient (Wildman–Crippen LogP) is 2.90. The van der Waals surface area contributed by atoms with Crippen LogP contribution in [0.2, 0.25) is 0 Å². The van der Waals surface area contributed by atoms with Crippen LogP contribution in [-0.2, 0) is 64.7 Å². The molecule has 21 nitrogen and oxygen atoms in total. The number of benzene rings is 1. The zero-order valence-corrected chi connectivity index (χ0v) is 42.9. The molecule has 0 bridgehead atoms. The van der Waals surface area contributed by atoms with Crippen LogP contribution >= 0.6 is 7.82 Å². The Morgan fingerprint density at radius 1 is 0.900 bits per heavy atom. The van der Waals surface area contributed by atoms with Crippen molar-refractivity contribution in [3.8, 4) is 0 Å². The predicted molar refractivity (Wildman–Crippen MR) is 260 cm³/mol. The normalized spacial score (nSPS) is 17.2. The zero-order valence-electron chi connectivity index (χ0n) is 42.0. The van der Waals surface area contributed by atoms with E-state index in [1.165, 1.54) is 24.3 Å². The molecular formula is C48H77N8O13P. The van der Waals surface area contributed by atoms with Gasteiger partial charge in [0.25, 0.3) is 0 Å². The van der Waals surface area contributed by atoms with Crippen molar-refractivity contribution in [2.24, 2.45) is 11.7 Å². The SMILES string of the molecule is C=C1CCN(C(=O)CCOC(C)(C)CCOC(C)(C)C)[C@@H]1C(=O)N[C@@H](CC(C)C)C(=O)N[C@@H](Cc1cnc[nH]1)C(=O)N[C@@H](CO)C(=O)N[C@H](C(N)=O)[C@@H](C)OP(=O)(O)OCCCCCc1ccccc1. The fourth-order valence-corrected chi connectivity index (χ4v) is 8.47. The van der Waals surface area contributed by atoms with Gasteiger partial charge in [-0.3, -0.25) is 37.8 Å². The van der Waals surface area contributed by atoms with E-state index in [2.05, 4.69) is 37.8 Å². The summed E-state index contributed by atoms with van der Waals surface area (Å²) in [7, 11) is -4.74. The highest BCUT2D eigenvalue weighted by molar-refractivity contribution is 7.47. The van der Waals surface area contributed by atoms with Gasteiger partial charge < -0.3 is 56.4 Å². The number of unbranched alkanes of at least 4 members (excludes halogenated alkanes) is 2. The first kappa shape index (κ1) is 59.3. The van der Waals surface area contributed by atoms with E-state index in [0.717, 1.165) is 18.4 Å². The van der Waals surface area contributed by atoms with Crippen LogP contribution in [0.5, 0.6) is 0 Å². The highest BCUT2D eigenvalue weighted by Crippen LogP contribution is 2.45. The van der Waals surface area contributed by atoms with Gasteiger partial charge in [0.2, 0.25) is 35.4 Å². The Kier molecular flexibility index (Phi) is 23.8. The summed E-state index contributed by atoms with van der Waals surface area (Å²) in [6.45, 7) is 18.3. The molecule has 2 aromatic rings. The Labute approximate surface area is 411 Å². The maximum atomic E-state index is 14.1. The van der Waals surface area contributed by atoms with Gasteiger partial charge >= 0.3 is 7.82 Å². The number of ether oxygens (including phenoxy) is 2. The Morgan fingerprint density at radius 3 is 2.17 bits per heavy atom. The second-order valence-electron chi connectivity index (χ2n) is 19.5. The number of amides is 6. The summed E-state index contributed by atoms with van der Waals surface area (Å²) in [5.41, 5.74) is 6.72. The third kappa shape index (κ3) is 21.1. The summed E-state index contributed by atoms with van der Waals surface area (Å²) >= 11 is 0. The van der Waals surface area contributed by atoms with Crippen molar-refractivity contribution in [2.45, 2.75) is 161 Å². The number of aromatic nitrogens is 2. The standard InChI is InChI=1S/C48H77N8O13P/c1-31(2)26-36(53-46(63)41-32(3)19-22-56(41)39(58)20-24-67-48(8,9)21-25-66-47(5,6)7)43(60)52-37(27-35-28-50-30-51-35)44(61)54-38(29-57)45(62)55-40(42(49)59)33(4)69-70(64,65)68-23-15-11-14-18-34-16-12-10-13-17-34/h10,12-13,16-17,28,30-31,33,36-38,40-41,57H,3,11,14-15,18-27,29H2,1-2,4-9H3,(H2,49,59)(H,50,51)(H,52,60)(H,53,63)(H,54,61)(H,55,62)(H,64,65)/t33-,36+,37+,38+,40+,41+/m1/s1. The van der Waals surface area contributed by atoms with Gasteiger partial charge in [-0.05, 0) is 97.1 Å². The number of aromatic amines is 1. The molecule has 0 spiro atoms. The Balaban J connectivity index is 1.65. The molecule has 7 atom stereocenters. The number of imidazole rings is 1. The molecule has 1 saturated heterocycles. The van der Waals surface area contributed by atoms with Gasteiger partial charge in [-0.15, -0.1) is 0 Å². The Bertz CT molecular complexity index is 2060. The third-order valence-electron chi connectivity index (χ3n) is 11.3. The van der Waals surface area contributed by atoms with E-state index in [9.17, 15) is 43.3 Å². The van der Waals surface area contributed by atoms with Gasteiger partial charge in [0.05, 0.1) is 49.9 Å². The highest BCUT2D eigenvalue weighted by Gasteiger charge is 2.40. The first-order valence-corrected chi connectivity index (χ1v) is 25.3. The van der Waals surface area contributed by atoms with E-state index in [1.807, 2.05) is 78.8 Å². The quantitative estimate of drug-likeness (QED) is 0.0306. The van der Waals surface area contributed by atoms with Gasteiger partial charge in [0.1, 0.15) is 30.2 Å². The van der Waals surface area contributed by atoms with Gasteiger partial charge in [-0.25, -0.2) is 9.55 Å². The number of hydrogen-bond acceptors (Lipinski definition) is 13. The number of H-pyrrole nitrogens is 1. The van der Waals surface area contributed by atoms with Crippen molar-refractivity contribution in [3.05, 3.63) is 66.3 Å². The van der Waals surface area contributed by atoms with Crippen molar-refractivity contribution < 1.29 is 61.9 Å². The van der Waals surface area contributed by atoms with Crippen LogP contribution in [0.25, 0.3) is 0 Å². The molecule has 1 unspecified atom stereocenters. The lowest BCUT2D eigenvalue weighted by Crippen LogP contribution is -2.61. The average Bonchev–Trinajstić information content (AvgIpc) is 3.94. The number of nitrogens with one attached hydrogen (secondary N) is 5. The van der Waals surface area contributed by atoms with Crippen molar-refractivity contribution >= 4 is 43.3 Å². The molecule has 0 saturated carbocycles. The molecule has 70 heavy (non-hydrogen) atoms. The smallest absolute Gasteiger partial charge is 0.394 e. The number of phosphoric acid groups is 1. The molecule has 392 valence electrons. The second-order valence-corrected chi connectivity index (χ2v) is 20.9. The largest absolute Gasteiger partial charge is 0.472 e. The number of nitrogens with two attached hydrogens (primary N) is 1. The van der Waals surface area contributed by atoms with Crippen molar-refractivity contribution in [3.63, 3.8) is 0 Å². The summed E-state index contributed by atoms with van der Waals surface area (Å²) in [4.78, 5) is 100. The molecule has 1 aliphatic rings. The number of primary amides is 1. The van der Waals surface area contributed by atoms with Crippen LogP contribution in [0.3, 0.4) is 0 Å². The number of carbonyl (C=O) groups excluding carboxylic acids is 6. The number of aliphatic hydroxyl groups is 1. The number of rotatable bonds is 31. The van der Waals surface area contributed by atoms with E-state index >= 15 is 0 Å². The molecule has 3 rings (SSSR count). The summed E-state index contributed by atoms with van der Waals surface area (Å²) in [5.74, 6) is -5.08. The first-order valence-electron chi connectivity index (χ1n) is 23.8. The number of aryl methyl sites for hydroxylation is 1. The second kappa shape index (κ2) is 28.1. The van der Waals surface area contributed by atoms with Crippen LogP contribution in [0.4, 0.5) is 0 Å². The lowest BCUT2D eigenvalue weighted by molar-refractivity contribution is -0.141. The van der Waals surface area contributed by atoms with Crippen LogP contribution < -0.4 is 27.0 Å². The average molecular weight is 1010 g/mol. The lowest BCUT2D eigenvalue weighted by atomic mass is 10.0. The molecule has 0 radical (unpaired) electrons. The number of nitrogens with zero attached hydrogens (tertiary/aromatic N) is 2. The molecule has 22 heteroatoms. The van der Waals surface area contributed by atoms with Crippen LogP contribution in [0.15, 0.2) is 55.0 Å². The molecule has 9 N–H and O–H groups in total. The number of hydrogen-bond donors (Lipinski definition) is 8. The van der Waals surface area contributed by atoms with Crippen molar-refractivity contribution in [2.75, 3.05) is 33.0 Å². The third-order valence-corrected chi connectivity index (χ3v) is 12.4. The molecule has 1 aliphatic heterocycles. The molecule has 6 amide bonds. The fraction of sp³-hybridized carbons (Fsp3) is 0.646. The van der Waals surface area contributed by atoms with E-state index in [0.29, 0.717) is 43.6 Å². The van der Waals surface area contributed by atoms with E-state index < -0.39 is 85.9 Å². The van der Waals surface area contributed by atoms with E-state index in [4.69, 9.17) is 24.3 Å².